The highest BCUT2D eigenvalue weighted by atomic mass is 16.5. The van der Waals surface area contributed by atoms with Gasteiger partial charge in [0.15, 0.2) is 0 Å². The van der Waals surface area contributed by atoms with Crippen LogP contribution in [0.4, 0.5) is 0 Å². The predicted molar refractivity (Wildman–Crippen MR) is 64.1 cm³/mol. The molecule has 16 heavy (non-hydrogen) atoms. The van der Waals surface area contributed by atoms with Crippen molar-refractivity contribution in [3.63, 3.8) is 0 Å². The van der Waals surface area contributed by atoms with Crippen LogP contribution in [0.1, 0.15) is 45.4 Å². The normalized spacial score (nSPS) is 26.7. The van der Waals surface area contributed by atoms with Gasteiger partial charge in [-0.2, -0.15) is 0 Å². The highest BCUT2D eigenvalue weighted by Crippen LogP contribution is 2.21. The molecule has 0 saturated heterocycles. The molecule has 0 aromatic rings. The van der Waals surface area contributed by atoms with E-state index in [1.165, 1.54) is 0 Å². The van der Waals surface area contributed by atoms with E-state index in [9.17, 15) is 4.79 Å². The first-order valence-corrected chi connectivity index (χ1v) is 6.25. The van der Waals surface area contributed by atoms with Crippen molar-refractivity contribution in [2.24, 2.45) is 5.73 Å². The summed E-state index contributed by atoms with van der Waals surface area (Å²) < 4.78 is 5.33. The van der Waals surface area contributed by atoms with Gasteiger partial charge in [0.25, 0.3) is 0 Å². The van der Waals surface area contributed by atoms with E-state index in [1.54, 1.807) is 7.11 Å². The molecule has 1 aliphatic carbocycles. The first-order valence-electron chi connectivity index (χ1n) is 6.25. The topological polar surface area (TPSA) is 64.4 Å². The van der Waals surface area contributed by atoms with Crippen LogP contribution in [0.2, 0.25) is 0 Å². The first kappa shape index (κ1) is 13.5. The fraction of sp³-hybridized carbons (Fsp3) is 0.917. The highest BCUT2D eigenvalue weighted by molar-refractivity contribution is 5.77. The molecular weight excluding hydrogens is 204 g/mol. The summed E-state index contributed by atoms with van der Waals surface area (Å²) in [6.07, 6.45) is 5.75. The summed E-state index contributed by atoms with van der Waals surface area (Å²) in [5.74, 6) is 0.0647. The monoisotopic (exact) mass is 228 g/mol. The van der Waals surface area contributed by atoms with Crippen molar-refractivity contribution in [2.45, 2.75) is 63.6 Å². The standard InChI is InChI=1S/C12H24N2O2/c1-3-5-9(13)8-12(15)14-10-6-4-7-11(10)16-2/h9-11H,3-8,13H2,1-2H3,(H,14,15). The Morgan fingerprint density at radius 2 is 2.31 bits per heavy atom. The molecule has 3 N–H and O–H groups in total. The Bertz CT molecular complexity index is 221. The number of rotatable bonds is 6. The zero-order chi connectivity index (χ0) is 12.0. The molecule has 1 aliphatic rings. The number of carbonyl (C=O) groups is 1. The van der Waals surface area contributed by atoms with Crippen LogP contribution >= 0.6 is 0 Å². The van der Waals surface area contributed by atoms with Crippen molar-refractivity contribution in [3.8, 4) is 0 Å². The van der Waals surface area contributed by atoms with Gasteiger partial charge in [-0.1, -0.05) is 13.3 Å². The van der Waals surface area contributed by atoms with Gasteiger partial charge in [0.1, 0.15) is 0 Å². The van der Waals surface area contributed by atoms with Crippen LogP contribution in [0.15, 0.2) is 0 Å². The van der Waals surface area contributed by atoms with E-state index in [4.69, 9.17) is 10.5 Å². The molecule has 0 radical (unpaired) electrons. The summed E-state index contributed by atoms with van der Waals surface area (Å²) in [7, 11) is 1.71. The van der Waals surface area contributed by atoms with Crippen molar-refractivity contribution in [1.82, 2.24) is 5.32 Å². The zero-order valence-corrected chi connectivity index (χ0v) is 10.4. The molecule has 0 bridgehead atoms. The van der Waals surface area contributed by atoms with Crippen molar-refractivity contribution >= 4 is 5.91 Å². The molecule has 1 fully saturated rings. The Labute approximate surface area is 97.9 Å². The molecule has 0 heterocycles. The Morgan fingerprint density at radius 1 is 1.56 bits per heavy atom. The summed E-state index contributed by atoms with van der Waals surface area (Å²) in [5, 5.41) is 3.03. The maximum Gasteiger partial charge on any atom is 0.221 e. The maximum atomic E-state index is 11.7. The molecule has 4 heteroatoms. The van der Waals surface area contributed by atoms with Gasteiger partial charge in [-0.3, -0.25) is 4.79 Å². The SMILES string of the molecule is CCCC(N)CC(=O)NC1CCCC1OC. The molecular formula is C12H24N2O2. The predicted octanol–water partition coefficient (Wildman–Crippen LogP) is 1.19. The third-order valence-corrected chi connectivity index (χ3v) is 3.21. The van der Waals surface area contributed by atoms with Crippen molar-refractivity contribution < 1.29 is 9.53 Å². The van der Waals surface area contributed by atoms with E-state index in [1.807, 2.05) is 0 Å². The Morgan fingerprint density at radius 3 is 2.94 bits per heavy atom. The number of nitrogens with one attached hydrogen (secondary N) is 1. The smallest absolute Gasteiger partial charge is 0.221 e. The van der Waals surface area contributed by atoms with E-state index in [0.29, 0.717) is 6.42 Å². The Hall–Kier alpha value is -0.610. The van der Waals surface area contributed by atoms with Crippen LogP contribution in [0.5, 0.6) is 0 Å². The molecule has 1 saturated carbocycles. The van der Waals surface area contributed by atoms with Crippen molar-refractivity contribution in [1.29, 1.82) is 0 Å². The number of nitrogens with two attached hydrogens (primary N) is 1. The van der Waals surface area contributed by atoms with Crippen LogP contribution < -0.4 is 11.1 Å². The van der Waals surface area contributed by atoms with Gasteiger partial charge in [-0.25, -0.2) is 0 Å². The van der Waals surface area contributed by atoms with Gasteiger partial charge in [0, 0.05) is 19.6 Å². The van der Waals surface area contributed by atoms with E-state index in [-0.39, 0.29) is 24.1 Å². The number of amides is 1. The zero-order valence-electron chi connectivity index (χ0n) is 10.4. The number of ether oxygens (including phenoxy) is 1. The van der Waals surface area contributed by atoms with Gasteiger partial charge in [-0.05, 0) is 25.7 Å². The molecule has 1 amide bonds. The van der Waals surface area contributed by atoms with Gasteiger partial charge >= 0.3 is 0 Å². The molecule has 3 atom stereocenters. The van der Waals surface area contributed by atoms with Crippen LogP contribution in [0.25, 0.3) is 0 Å². The fourth-order valence-electron chi connectivity index (χ4n) is 2.35. The minimum absolute atomic E-state index is 0.00704. The lowest BCUT2D eigenvalue weighted by atomic mass is 10.1. The van der Waals surface area contributed by atoms with E-state index < -0.39 is 0 Å². The molecule has 0 aromatic heterocycles. The van der Waals surface area contributed by atoms with Crippen LogP contribution in [0, 0.1) is 0 Å². The second kappa shape index (κ2) is 6.86. The molecule has 0 aliphatic heterocycles. The second-order valence-corrected chi connectivity index (χ2v) is 4.63. The van der Waals surface area contributed by atoms with Crippen LogP contribution in [-0.4, -0.2) is 31.2 Å². The second-order valence-electron chi connectivity index (χ2n) is 4.63. The minimum atomic E-state index is -0.00704. The molecule has 94 valence electrons. The van der Waals surface area contributed by atoms with Gasteiger partial charge in [0.2, 0.25) is 5.91 Å². The molecule has 1 rings (SSSR count). The summed E-state index contributed by atoms with van der Waals surface area (Å²) in [5.41, 5.74) is 5.83. The van der Waals surface area contributed by atoms with Gasteiger partial charge in [0.05, 0.1) is 12.1 Å². The van der Waals surface area contributed by atoms with E-state index in [0.717, 1.165) is 32.1 Å². The quantitative estimate of drug-likeness (QED) is 0.717. The lowest BCUT2D eigenvalue weighted by Gasteiger charge is -2.20. The van der Waals surface area contributed by atoms with E-state index >= 15 is 0 Å². The summed E-state index contributed by atoms with van der Waals surface area (Å²) >= 11 is 0. The lowest BCUT2D eigenvalue weighted by Crippen LogP contribution is -2.42. The largest absolute Gasteiger partial charge is 0.379 e. The summed E-state index contributed by atoms with van der Waals surface area (Å²) in [6, 6.07) is 0.179. The number of hydrogen-bond donors (Lipinski definition) is 2. The molecule has 0 spiro atoms. The third-order valence-electron chi connectivity index (χ3n) is 3.21. The average Bonchev–Trinajstić information content (AvgIpc) is 2.65. The van der Waals surface area contributed by atoms with Crippen LogP contribution in [0.3, 0.4) is 0 Å². The fourth-order valence-corrected chi connectivity index (χ4v) is 2.35. The minimum Gasteiger partial charge on any atom is -0.379 e. The molecule has 0 aromatic carbocycles. The summed E-state index contributed by atoms with van der Waals surface area (Å²) in [6.45, 7) is 2.08. The van der Waals surface area contributed by atoms with Gasteiger partial charge < -0.3 is 15.8 Å². The van der Waals surface area contributed by atoms with Crippen LogP contribution in [-0.2, 0) is 9.53 Å². The molecule has 4 nitrogen and oxygen atoms in total. The van der Waals surface area contributed by atoms with E-state index in [2.05, 4.69) is 12.2 Å². The van der Waals surface area contributed by atoms with Crippen molar-refractivity contribution in [3.05, 3.63) is 0 Å². The number of hydrogen-bond acceptors (Lipinski definition) is 3. The molecule has 3 unspecified atom stereocenters. The highest BCUT2D eigenvalue weighted by Gasteiger charge is 2.28. The average molecular weight is 228 g/mol. The first-order chi connectivity index (χ1) is 7.67. The Balaban J connectivity index is 2.28. The van der Waals surface area contributed by atoms with Gasteiger partial charge in [-0.15, -0.1) is 0 Å². The Kier molecular flexibility index (Phi) is 5.77. The third kappa shape index (κ3) is 4.10. The lowest BCUT2D eigenvalue weighted by molar-refractivity contribution is -0.122. The number of methoxy groups -OCH3 is 1. The number of carbonyl (C=O) groups excluding carboxylic acids is 1. The maximum absolute atomic E-state index is 11.7. The summed E-state index contributed by atoms with van der Waals surface area (Å²) in [4.78, 5) is 11.7. The van der Waals surface area contributed by atoms with Crippen molar-refractivity contribution in [2.75, 3.05) is 7.11 Å².